The summed E-state index contributed by atoms with van der Waals surface area (Å²) in [6.07, 6.45) is 2.40. The van der Waals surface area contributed by atoms with Crippen molar-refractivity contribution >= 4 is 15.9 Å². The van der Waals surface area contributed by atoms with Crippen molar-refractivity contribution in [2.45, 2.75) is 32.7 Å². The highest BCUT2D eigenvalue weighted by molar-refractivity contribution is 9.09. The molecule has 2 nitrogen and oxygen atoms in total. The van der Waals surface area contributed by atoms with Gasteiger partial charge in [0.2, 0.25) is 0 Å². The van der Waals surface area contributed by atoms with Crippen LogP contribution < -0.4 is 0 Å². The molecule has 0 heterocycles. The lowest BCUT2D eigenvalue weighted by Crippen LogP contribution is -2.33. The molecule has 0 rings (SSSR count). The summed E-state index contributed by atoms with van der Waals surface area (Å²) in [5.41, 5.74) is 0. The van der Waals surface area contributed by atoms with Gasteiger partial charge in [-0.1, -0.05) is 15.9 Å². The van der Waals surface area contributed by atoms with E-state index in [0.717, 1.165) is 18.5 Å². The minimum Gasteiger partial charge on any atom is -0.385 e. The Balaban J connectivity index is 3.45. The van der Waals surface area contributed by atoms with E-state index in [1.807, 2.05) is 0 Å². The monoisotopic (exact) mass is 251 g/mol. The molecule has 0 aliphatic carbocycles. The van der Waals surface area contributed by atoms with Crippen LogP contribution in [0.25, 0.3) is 0 Å². The van der Waals surface area contributed by atoms with Crippen molar-refractivity contribution in [3.05, 3.63) is 0 Å². The molecule has 0 aromatic heterocycles. The van der Waals surface area contributed by atoms with Crippen LogP contribution >= 0.6 is 15.9 Å². The summed E-state index contributed by atoms with van der Waals surface area (Å²) in [4.78, 5) is 2.49. The molecule has 0 saturated carbocycles. The zero-order valence-electron chi connectivity index (χ0n) is 9.05. The van der Waals surface area contributed by atoms with Crippen LogP contribution in [0.1, 0.15) is 26.7 Å². The van der Waals surface area contributed by atoms with Gasteiger partial charge in [-0.05, 0) is 33.2 Å². The first-order chi connectivity index (χ1) is 6.22. The fraction of sp³-hybridized carbons (Fsp3) is 1.00. The van der Waals surface area contributed by atoms with Crippen molar-refractivity contribution in [1.29, 1.82) is 0 Å². The largest absolute Gasteiger partial charge is 0.385 e. The standard InChI is InChI=1S/C10H22BrNO/c1-10(2)12(8-6-11)7-4-5-9-13-3/h10H,4-9H2,1-3H3. The lowest BCUT2D eigenvalue weighted by molar-refractivity contribution is 0.178. The van der Waals surface area contributed by atoms with Crippen molar-refractivity contribution in [2.75, 3.05) is 32.1 Å². The van der Waals surface area contributed by atoms with Crippen LogP contribution in [0.15, 0.2) is 0 Å². The second-order valence-electron chi connectivity index (χ2n) is 3.52. The summed E-state index contributed by atoms with van der Waals surface area (Å²) in [5, 5.41) is 1.06. The van der Waals surface area contributed by atoms with Crippen molar-refractivity contribution in [2.24, 2.45) is 0 Å². The summed E-state index contributed by atoms with van der Waals surface area (Å²) in [6, 6.07) is 0.653. The topological polar surface area (TPSA) is 12.5 Å². The highest BCUT2D eigenvalue weighted by atomic mass is 79.9. The summed E-state index contributed by atoms with van der Waals surface area (Å²) >= 11 is 3.47. The number of rotatable bonds is 8. The molecule has 0 unspecified atom stereocenters. The Morgan fingerprint density at radius 2 is 1.92 bits per heavy atom. The highest BCUT2D eigenvalue weighted by Crippen LogP contribution is 2.02. The number of methoxy groups -OCH3 is 1. The van der Waals surface area contributed by atoms with Gasteiger partial charge in [0.05, 0.1) is 0 Å². The van der Waals surface area contributed by atoms with E-state index in [2.05, 4.69) is 34.7 Å². The highest BCUT2D eigenvalue weighted by Gasteiger charge is 2.06. The molecule has 13 heavy (non-hydrogen) atoms. The number of halogens is 1. The van der Waals surface area contributed by atoms with Crippen molar-refractivity contribution in [3.8, 4) is 0 Å². The second kappa shape index (κ2) is 8.97. The van der Waals surface area contributed by atoms with E-state index < -0.39 is 0 Å². The fourth-order valence-corrected chi connectivity index (χ4v) is 1.75. The fourth-order valence-electron chi connectivity index (χ4n) is 1.30. The first kappa shape index (κ1) is 13.4. The molecule has 0 aliphatic heterocycles. The smallest absolute Gasteiger partial charge is 0.0462 e. The van der Waals surface area contributed by atoms with Crippen molar-refractivity contribution in [3.63, 3.8) is 0 Å². The van der Waals surface area contributed by atoms with Crippen LogP contribution in [0.3, 0.4) is 0 Å². The average Bonchev–Trinajstić information content (AvgIpc) is 2.10. The van der Waals surface area contributed by atoms with Gasteiger partial charge in [0, 0.05) is 31.6 Å². The van der Waals surface area contributed by atoms with E-state index in [-0.39, 0.29) is 0 Å². The maximum Gasteiger partial charge on any atom is 0.0462 e. The number of hydrogen-bond acceptors (Lipinski definition) is 2. The normalized spacial score (nSPS) is 11.5. The van der Waals surface area contributed by atoms with Crippen LogP contribution in [0.4, 0.5) is 0 Å². The molecule has 0 amide bonds. The lowest BCUT2D eigenvalue weighted by Gasteiger charge is -2.25. The molecule has 0 N–H and O–H groups in total. The molecular weight excluding hydrogens is 230 g/mol. The van der Waals surface area contributed by atoms with E-state index in [0.29, 0.717) is 6.04 Å². The average molecular weight is 252 g/mol. The molecule has 0 saturated heterocycles. The van der Waals surface area contributed by atoms with E-state index in [4.69, 9.17) is 4.74 Å². The molecule has 0 bridgehead atoms. The molecule has 0 fully saturated rings. The minimum absolute atomic E-state index is 0.653. The SMILES string of the molecule is COCCCCN(CCBr)C(C)C. The third kappa shape index (κ3) is 7.47. The van der Waals surface area contributed by atoms with Gasteiger partial charge in [-0.25, -0.2) is 0 Å². The van der Waals surface area contributed by atoms with E-state index in [1.54, 1.807) is 7.11 Å². The molecule has 0 atom stereocenters. The molecular formula is C10H22BrNO. The Labute approximate surface area is 90.8 Å². The Hall–Kier alpha value is 0.400. The summed E-state index contributed by atoms with van der Waals surface area (Å²) < 4.78 is 5.02. The third-order valence-corrected chi connectivity index (χ3v) is 2.50. The maximum atomic E-state index is 5.02. The summed E-state index contributed by atoms with van der Waals surface area (Å²) in [7, 11) is 1.76. The van der Waals surface area contributed by atoms with Crippen LogP contribution in [0.5, 0.6) is 0 Å². The van der Waals surface area contributed by atoms with E-state index in [1.165, 1.54) is 19.4 Å². The lowest BCUT2D eigenvalue weighted by atomic mass is 10.2. The van der Waals surface area contributed by atoms with E-state index >= 15 is 0 Å². The predicted octanol–water partition coefficient (Wildman–Crippen LogP) is 2.52. The number of hydrogen-bond donors (Lipinski definition) is 0. The molecule has 0 aliphatic rings. The van der Waals surface area contributed by atoms with Crippen LogP contribution in [-0.4, -0.2) is 43.1 Å². The van der Waals surface area contributed by atoms with Gasteiger partial charge in [-0.2, -0.15) is 0 Å². The number of nitrogens with zero attached hydrogens (tertiary/aromatic N) is 1. The summed E-state index contributed by atoms with van der Waals surface area (Å²) in [6.45, 7) is 7.72. The zero-order valence-corrected chi connectivity index (χ0v) is 10.6. The van der Waals surface area contributed by atoms with Crippen molar-refractivity contribution in [1.82, 2.24) is 4.90 Å². The second-order valence-corrected chi connectivity index (χ2v) is 4.31. The predicted molar refractivity (Wildman–Crippen MR) is 61.6 cm³/mol. The Kier molecular flexibility index (Phi) is 9.25. The van der Waals surface area contributed by atoms with Gasteiger partial charge >= 0.3 is 0 Å². The molecule has 80 valence electrons. The Bertz CT molecular complexity index is 109. The first-order valence-electron chi connectivity index (χ1n) is 5.01. The maximum absolute atomic E-state index is 5.02. The third-order valence-electron chi connectivity index (χ3n) is 2.15. The molecule has 0 spiro atoms. The first-order valence-corrected chi connectivity index (χ1v) is 6.13. The van der Waals surface area contributed by atoms with Crippen molar-refractivity contribution < 1.29 is 4.74 Å². The van der Waals surface area contributed by atoms with Gasteiger partial charge in [0.25, 0.3) is 0 Å². The zero-order chi connectivity index (χ0) is 10.1. The molecule has 3 heteroatoms. The van der Waals surface area contributed by atoms with Gasteiger partial charge in [0.1, 0.15) is 0 Å². The minimum atomic E-state index is 0.653. The quantitative estimate of drug-likeness (QED) is 0.486. The van der Waals surface area contributed by atoms with Crippen LogP contribution in [0.2, 0.25) is 0 Å². The molecule has 0 aromatic carbocycles. The molecule has 0 aromatic rings. The Morgan fingerprint density at radius 1 is 1.23 bits per heavy atom. The number of alkyl halides is 1. The van der Waals surface area contributed by atoms with Gasteiger partial charge < -0.3 is 9.64 Å². The summed E-state index contributed by atoms with van der Waals surface area (Å²) in [5.74, 6) is 0. The number of unbranched alkanes of at least 4 members (excludes halogenated alkanes) is 1. The number of ether oxygens (including phenoxy) is 1. The molecule has 0 radical (unpaired) electrons. The van der Waals surface area contributed by atoms with Gasteiger partial charge in [-0.15, -0.1) is 0 Å². The van der Waals surface area contributed by atoms with Gasteiger partial charge in [-0.3, -0.25) is 0 Å². The van der Waals surface area contributed by atoms with E-state index in [9.17, 15) is 0 Å². The van der Waals surface area contributed by atoms with Gasteiger partial charge in [0.15, 0.2) is 0 Å². The van der Waals surface area contributed by atoms with Crippen LogP contribution in [-0.2, 0) is 4.74 Å². The Morgan fingerprint density at radius 3 is 2.38 bits per heavy atom. The van der Waals surface area contributed by atoms with Crippen LogP contribution in [0, 0.1) is 0 Å².